The minimum Gasteiger partial charge on any atom is -0.481 e. The molecule has 0 bridgehead atoms. The van der Waals surface area contributed by atoms with Crippen LogP contribution in [0.5, 0.6) is 0 Å². The van der Waals surface area contributed by atoms with Crippen molar-refractivity contribution in [3.05, 3.63) is 64.1 Å². The molecule has 0 aliphatic carbocycles. The zero-order valence-corrected chi connectivity index (χ0v) is 15.3. The molecule has 1 aromatic heterocycles. The standard InChI is InChI=1S/C20H20N2O3S/c1-2-19-21-16(12-26-19)10-18(23)22-17(11-20(24)25)15-8-7-13-5-3-4-6-14(13)9-15/h3-9,12,17H,2,10-11H2,1H3,(H,22,23)(H,24,25)/t17-/m0/s1. The summed E-state index contributed by atoms with van der Waals surface area (Å²) < 4.78 is 0. The number of carbonyl (C=O) groups excluding carboxylic acids is 1. The van der Waals surface area contributed by atoms with Crippen LogP contribution in [0, 0.1) is 0 Å². The molecule has 3 rings (SSSR count). The van der Waals surface area contributed by atoms with Crippen LogP contribution in [-0.4, -0.2) is 22.0 Å². The summed E-state index contributed by atoms with van der Waals surface area (Å²) in [4.78, 5) is 28.1. The van der Waals surface area contributed by atoms with E-state index < -0.39 is 12.0 Å². The molecular formula is C20H20N2O3S. The molecule has 0 fully saturated rings. The molecule has 0 spiro atoms. The van der Waals surface area contributed by atoms with E-state index in [1.807, 2.05) is 54.8 Å². The molecule has 0 radical (unpaired) electrons. The van der Waals surface area contributed by atoms with Gasteiger partial charge in [-0.25, -0.2) is 4.98 Å². The van der Waals surface area contributed by atoms with Gasteiger partial charge >= 0.3 is 5.97 Å². The fraction of sp³-hybridized carbons (Fsp3) is 0.250. The Morgan fingerprint density at radius 3 is 2.65 bits per heavy atom. The molecule has 1 amide bonds. The summed E-state index contributed by atoms with van der Waals surface area (Å²) in [6.07, 6.45) is 0.826. The molecule has 0 aliphatic rings. The number of amides is 1. The first-order valence-corrected chi connectivity index (χ1v) is 9.36. The van der Waals surface area contributed by atoms with Gasteiger partial charge in [0.25, 0.3) is 0 Å². The number of aromatic nitrogens is 1. The number of carboxylic acids is 1. The topological polar surface area (TPSA) is 79.3 Å². The molecule has 6 heteroatoms. The molecule has 3 aromatic rings. The molecule has 26 heavy (non-hydrogen) atoms. The molecule has 2 N–H and O–H groups in total. The fourth-order valence-corrected chi connectivity index (χ4v) is 3.60. The molecule has 0 saturated heterocycles. The van der Waals surface area contributed by atoms with Crippen LogP contribution in [0.2, 0.25) is 0 Å². The van der Waals surface area contributed by atoms with Crippen LogP contribution < -0.4 is 5.32 Å². The highest BCUT2D eigenvalue weighted by Gasteiger charge is 2.19. The van der Waals surface area contributed by atoms with E-state index in [2.05, 4.69) is 10.3 Å². The Morgan fingerprint density at radius 1 is 1.19 bits per heavy atom. The van der Waals surface area contributed by atoms with Crippen molar-refractivity contribution in [2.24, 2.45) is 0 Å². The van der Waals surface area contributed by atoms with Gasteiger partial charge in [0.15, 0.2) is 0 Å². The number of carbonyl (C=O) groups is 2. The largest absolute Gasteiger partial charge is 0.481 e. The summed E-state index contributed by atoms with van der Waals surface area (Å²) in [5.41, 5.74) is 1.50. The summed E-state index contributed by atoms with van der Waals surface area (Å²) in [7, 11) is 0. The minimum absolute atomic E-state index is 0.153. The minimum atomic E-state index is -0.953. The SMILES string of the molecule is CCc1nc(CC(=O)N[C@@H](CC(=O)O)c2ccc3ccccc3c2)cs1. The van der Waals surface area contributed by atoms with Crippen molar-refractivity contribution in [1.29, 1.82) is 0 Å². The third-order valence-corrected chi connectivity index (χ3v) is 5.18. The van der Waals surface area contributed by atoms with E-state index >= 15 is 0 Å². The van der Waals surface area contributed by atoms with E-state index in [1.165, 1.54) is 11.3 Å². The fourth-order valence-electron chi connectivity index (χ4n) is 2.85. The Labute approximate surface area is 155 Å². The van der Waals surface area contributed by atoms with Gasteiger partial charge in [-0.05, 0) is 28.8 Å². The Kier molecular flexibility index (Phi) is 5.63. The summed E-state index contributed by atoms with van der Waals surface area (Å²) in [5, 5.41) is 17.0. The third kappa shape index (κ3) is 4.46. The zero-order chi connectivity index (χ0) is 18.5. The monoisotopic (exact) mass is 368 g/mol. The number of hydrogen-bond donors (Lipinski definition) is 2. The van der Waals surface area contributed by atoms with E-state index in [0.717, 1.165) is 33.5 Å². The number of benzene rings is 2. The predicted molar refractivity (Wildman–Crippen MR) is 102 cm³/mol. The number of aliphatic carboxylic acids is 1. The summed E-state index contributed by atoms with van der Waals surface area (Å²) >= 11 is 1.53. The highest BCUT2D eigenvalue weighted by molar-refractivity contribution is 7.09. The van der Waals surface area contributed by atoms with Gasteiger partial charge in [-0.2, -0.15) is 0 Å². The Hall–Kier alpha value is -2.73. The van der Waals surface area contributed by atoms with Crippen molar-refractivity contribution in [2.75, 3.05) is 0 Å². The second kappa shape index (κ2) is 8.10. The highest BCUT2D eigenvalue weighted by Crippen LogP contribution is 2.23. The maximum absolute atomic E-state index is 12.4. The maximum atomic E-state index is 12.4. The normalized spacial score (nSPS) is 12.0. The van der Waals surface area contributed by atoms with Gasteiger partial charge in [-0.1, -0.05) is 43.3 Å². The van der Waals surface area contributed by atoms with Gasteiger partial charge in [-0.3, -0.25) is 9.59 Å². The quantitative estimate of drug-likeness (QED) is 0.666. The van der Waals surface area contributed by atoms with Gasteiger partial charge < -0.3 is 10.4 Å². The van der Waals surface area contributed by atoms with Crippen molar-refractivity contribution in [3.8, 4) is 0 Å². The number of thiazole rings is 1. The second-order valence-electron chi connectivity index (χ2n) is 6.09. The average molecular weight is 368 g/mol. The molecule has 0 unspecified atom stereocenters. The van der Waals surface area contributed by atoms with E-state index in [9.17, 15) is 14.7 Å². The van der Waals surface area contributed by atoms with E-state index in [4.69, 9.17) is 0 Å². The first kappa shape index (κ1) is 18.1. The van der Waals surface area contributed by atoms with Gasteiger partial charge in [0.2, 0.25) is 5.91 Å². The Bertz CT molecular complexity index is 935. The van der Waals surface area contributed by atoms with Crippen molar-refractivity contribution in [1.82, 2.24) is 10.3 Å². The number of aryl methyl sites for hydroxylation is 1. The molecule has 0 saturated carbocycles. The number of hydrogen-bond acceptors (Lipinski definition) is 4. The zero-order valence-electron chi connectivity index (χ0n) is 14.4. The lowest BCUT2D eigenvalue weighted by molar-refractivity contribution is -0.137. The number of carboxylic acid groups (broad SMARTS) is 1. The molecular weight excluding hydrogens is 348 g/mol. The number of fused-ring (bicyclic) bond motifs is 1. The van der Waals surface area contributed by atoms with E-state index in [0.29, 0.717) is 0 Å². The maximum Gasteiger partial charge on any atom is 0.305 e. The Morgan fingerprint density at radius 2 is 1.96 bits per heavy atom. The molecule has 5 nitrogen and oxygen atoms in total. The summed E-state index contributed by atoms with van der Waals surface area (Å²) in [5.74, 6) is -1.18. The van der Waals surface area contributed by atoms with Gasteiger partial charge in [-0.15, -0.1) is 11.3 Å². The number of nitrogens with one attached hydrogen (secondary N) is 1. The highest BCUT2D eigenvalue weighted by atomic mass is 32.1. The lowest BCUT2D eigenvalue weighted by Crippen LogP contribution is -2.31. The number of nitrogens with zero attached hydrogens (tertiary/aromatic N) is 1. The van der Waals surface area contributed by atoms with Crippen LogP contribution in [-0.2, 0) is 22.4 Å². The predicted octanol–water partition coefficient (Wildman–Crippen LogP) is 3.73. The summed E-state index contributed by atoms with van der Waals surface area (Å²) in [6, 6.07) is 13.0. The average Bonchev–Trinajstić information content (AvgIpc) is 3.07. The van der Waals surface area contributed by atoms with E-state index in [-0.39, 0.29) is 18.7 Å². The van der Waals surface area contributed by atoms with Crippen molar-refractivity contribution < 1.29 is 14.7 Å². The molecule has 2 aromatic carbocycles. The lowest BCUT2D eigenvalue weighted by Gasteiger charge is -2.18. The van der Waals surface area contributed by atoms with Crippen LogP contribution in [0.15, 0.2) is 47.8 Å². The van der Waals surface area contributed by atoms with Crippen LogP contribution in [0.1, 0.15) is 35.7 Å². The first-order chi connectivity index (χ1) is 12.5. The first-order valence-electron chi connectivity index (χ1n) is 8.48. The van der Waals surface area contributed by atoms with Crippen molar-refractivity contribution in [2.45, 2.75) is 32.2 Å². The van der Waals surface area contributed by atoms with E-state index in [1.54, 1.807) is 0 Å². The van der Waals surface area contributed by atoms with Crippen LogP contribution in [0.4, 0.5) is 0 Å². The van der Waals surface area contributed by atoms with Gasteiger partial charge in [0.1, 0.15) is 0 Å². The third-order valence-electron chi connectivity index (χ3n) is 4.13. The molecule has 0 aliphatic heterocycles. The number of rotatable bonds is 7. The van der Waals surface area contributed by atoms with Crippen LogP contribution in [0.3, 0.4) is 0 Å². The van der Waals surface area contributed by atoms with Crippen molar-refractivity contribution >= 4 is 34.0 Å². The van der Waals surface area contributed by atoms with Crippen LogP contribution in [0.25, 0.3) is 10.8 Å². The Balaban J connectivity index is 1.78. The molecule has 1 heterocycles. The van der Waals surface area contributed by atoms with Crippen molar-refractivity contribution in [3.63, 3.8) is 0 Å². The van der Waals surface area contributed by atoms with Gasteiger partial charge in [0, 0.05) is 5.38 Å². The summed E-state index contributed by atoms with van der Waals surface area (Å²) in [6.45, 7) is 2.02. The molecule has 134 valence electrons. The second-order valence-corrected chi connectivity index (χ2v) is 7.03. The molecule has 1 atom stereocenters. The van der Waals surface area contributed by atoms with Gasteiger partial charge in [0.05, 0.1) is 29.6 Å². The van der Waals surface area contributed by atoms with Crippen LogP contribution >= 0.6 is 11.3 Å². The lowest BCUT2D eigenvalue weighted by atomic mass is 9.99. The smallest absolute Gasteiger partial charge is 0.305 e.